The number of carbonyl (C=O) groups excluding carboxylic acids is 1. The minimum atomic E-state index is -0.0470. The number of carbonyl (C=O) groups is 1. The van der Waals surface area contributed by atoms with Gasteiger partial charge in [-0.05, 0) is 44.7 Å². The van der Waals surface area contributed by atoms with Gasteiger partial charge in [0.25, 0.3) is 5.91 Å². The van der Waals surface area contributed by atoms with Gasteiger partial charge in [-0.2, -0.15) is 10.4 Å². The fraction of sp³-hybridized carbons (Fsp3) is 0.400. The van der Waals surface area contributed by atoms with Gasteiger partial charge in [0.05, 0.1) is 11.3 Å². The van der Waals surface area contributed by atoms with E-state index in [0.29, 0.717) is 17.3 Å². The third-order valence-electron chi connectivity index (χ3n) is 5.28. The molecule has 1 fully saturated rings. The van der Waals surface area contributed by atoms with Crippen molar-refractivity contribution in [1.82, 2.24) is 24.5 Å². The molecule has 4 rings (SSSR count). The molecule has 3 heterocycles. The smallest absolute Gasteiger partial charge is 0.254 e. The molecular formula is C20H23N7O. The first-order valence-electron chi connectivity index (χ1n) is 9.49. The Morgan fingerprint density at radius 1 is 1.21 bits per heavy atom. The number of anilines is 1. The van der Waals surface area contributed by atoms with Crippen LogP contribution in [-0.2, 0) is 7.05 Å². The van der Waals surface area contributed by atoms with Crippen molar-refractivity contribution < 1.29 is 4.79 Å². The van der Waals surface area contributed by atoms with Crippen LogP contribution in [0.4, 0.5) is 5.82 Å². The van der Waals surface area contributed by atoms with Crippen LogP contribution < -0.4 is 10.6 Å². The molecule has 0 radical (unpaired) electrons. The number of imidazole rings is 1. The lowest BCUT2D eigenvalue weighted by Crippen LogP contribution is -2.40. The van der Waals surface area contributed by atoms with Gasteiger partial charge >= 0.3 is 0 Å². The highest BCUT2D eigenvalue weighted by Crippen LogP contribution is 2.23. The van der Waals surface area contributed by atoms with Crippen molar-refractivity contribution in [2.45, 2.75) is 44.7 Å². The van der Waals surface area contributed by atoms with E-state index < -0.39 is 0 Å². The third kappa shape index (κ3) is 3.56. The maximum absolute atomic E-state index is 12.5. The van der Waals surface area contributed by atoms with Crippen LogP contribution in [0.3, 0.4) is 0 Å². The van der Waals surface area contributed by atoms with E-state index >= 15 is 0 Å². The van der Waals surface area contributed by atoms with Crippen LogP contribution in [-0.4, -0.2) is 37.2 Å². The minimum absolute atomic E-state index is 0.0470. The van der Waals surface area contributed by atoms with Gasteiger partial charge in [0, 0.05) is 31.5 Å². The second-order valence-corrected chi connectivity index (χ2v) is 7.35. The number of rotatable bonds is 4. The Kier molecular flexibility index (Phi) is 4.74. The van der Waals surface area contributed by atoms with E-state index in [2.05, 4.69) is 26.8 Å². The molecule has 0 bridgehead atoms. The van der Waals surface area contributed by atoms with Crippen molar-refractivity contribution in [3.05, 3.63) is 47.5 Å². The van der Waals surface area contributed by atoms with Gasteiger partial charge in [0.2, 0.25) is 0 Å². The Labute approximate surface area is 163 Å². The van der Waals surface area contributed by atoms with Gasteiger partial charge in [0.15, 0.2) is 5.69 Å². The molecule has 1 saturated carbocycles. The van der Waals surface area contributed by atoms with Crippen LogP contribution >= 0.6 is 0 Å². The predicted molar refractivity (Wildman–Crippen MR) is 105 cm³/mol. The van der Waals surface area contributed by atoms with Crippen molar-refractivity contribution in [2.24, 2.45) is 7.05 Å². The lowest BCUT2D eigenvalue weighted by atomic mass is 9.91. The zero-order valence-electron chi connectivity index (χ0n) is 16.0. The number of nitrogens with zero attached hydrogens (tertiary/aromatic N) is 5. The van der Waals surface area contributed by atoms with Gasteiger partial charge in [-0.1, -0.05) is 6.07 Å². The standard InChI is InChI=1S/C20H23N7O/c1-13-17(12-26(2)25-13)20(28)24-15-8-6-14(7-9-15)22-18-4-3-5-19-23-16(10-21)11-27(18)19/h3-5,11-12,14-15,22H,6-9H2,1-2H3,(H,24,28). The van der Waals surface area contributed by atoms with Gasteiger partial charge in [-0.15, -0.1) is 0 Å². The van der Waals surface area contributed by atoms with Crippen molar-refractivity contribution in [3.8, 4) is 6.07 Å². The SMILES string of the molecule is Cc1nn(C)cc1C(=O)NC1CCC(Nc2cccc3nc(C#N)cn23)CC1. The van der Waals surface area contributed by atoms with E-state index in [1.165, 1.54) is 0 Å². The summed E-state index contributed by atoms with van der Waals surface area (Å²) in [5.41, 5.74) is 2.56. The molecule has 0 aliphatic heterocycles. The molecule has 0 spiro atoms. The quantitative estimate of drug-likeness (QED) is 0.727. The number of amides is 1. The first-order valence-corrected chi connectivity index (χ1v) is 9.49. The largest absolute Gasteiger partial charge is 0.368 e. The van der Waals surface area contributed by atoms with Crippen molar-refractivity contribution in [2.75, 3.05) is 5.32 Å². The highest BCUT2D eigenvalue weighted by molar-refractivity contribution is 5.95. The average molecular weight is 377 g/mol. The molecule has 8 nitrogen and oxygen atoms in total. The molecule has 3 aromatic heterocycles. The number of aryl methyl sites for hydroxylation is 2. The molecule has 0 atom stereocenters. The van der Waals surface area contributed by atoms with E-state index in [4.69, 9.17) is 5.26 Å². The van der Waals surface area contributed by atoms with E-state index in [1.54, 1.807) is 17.1 Å². The molecule has 3 aromatic rings. The van der Waals surface area contributed by atoms with Gasteiger partial charge in [-0.3, -0.25) is 13.9 Å². The highest BCUT2D eigenvalue weighted by Gasteiger charge is 2.24. The molecule has 28 heavy (non-hydrogen) atoms. The Morgan fingerprint density at radius 2 is 1.96 bits per heavy atom. The van der Waals surface area contributed by atoms with Crippen LogP contribution in [0, 0.1) is 18.3 Å². The van der Waals surface area contributed by atoms with E-state index in [9.17, 15) is 4.79 Å². The van der Waals surface area contributed by atoms with Crippen LogP contribution in [0.5, 0.6) is 0 Å². The summed E-state index contributed by atoms with van der Waals surface area (Å²) >= 11 is 0. The van der Waals surface area contributed by atoms with Crippen LogP contribution in [0.2, 0.25) is 0 Å². The molecule has 1 aliphatic carbocycles. The van der Waals surface area contributed by atoms with Crippen molar-refractivity contribution in [1.29, 1.82) is 5.26 Å². The molecule has 8 heteroatoms. The number of hydrogen-bond donors (Lipinski definition) is 2. The summed E-state index contributed by atoms with van der Waals surface area (Å²) in [4.78, 5) is 16.8. The maximum Gasteiger partial charge on any atom is 0.254 e. The summed E-state index contributed by atoms with van der Waals surface area (Å²) < 4.78 is 3.58. The summed E-state index contributed by atoms with van der Waals surface area (Å²) in [5.74, 6) is 0.888. The number of nitrogens with one attached hydrogen (secondary N) is 2. The van der Waals surface area contributed by atoms with E-state index in [-0.39, 0.29) is 11.9 Å². The van der Waals surface area contributed by atoms with Gasteiger partial charge in [0.1, 0.15) is 17.5 Å². The molecule has 0 aromatic carbocycles. The predicted octanol–water partition coefficient (Wildman–Crippen LogP) is 2.40. The molecule has 0 saturated heterocycles. The molecular weight excluding hydrogens is 354 g/mol. The van der Waals surface area contributed by atoms with Crippen molar-refractivity contribution in [3.63, 3.8) is 0 Å². The Balaban J connectivity index is 1.36. The molecule has 144 valence electrons. The fourth-order valence-electron chi connectivity index (χ4n) is 3.86. The average Bonchev–Trinajstić information content (AvgIpc) is 3.26. The topological polar surface area (TPSA) is 100 Å². The van der Waals surface area contributed by atoms with Crippen LogP contribution in [0.15, 0.2) is 30.6 Å². The number of fused-ring (bicyclic) bond motifs is 1. The Hall–Kier alpha value is -3.34. The number of pyridine rings is 1. The Bertz CT molecular complexity index is 1050. The second-order valence-electron chi connectivity index (χ2n) is 7.35. The summed E-state index contributed by atoms with van der Waals surface area (Å²) in [7, 11) is 1.82. The summed E-state index contributed by atoms with van der Waals surface area (Å²) in [5, 5.41) is 20.0. The second kappa shape index (κ2) is 7.35. The fourth-order valence-corrected chi connectivity index (χ4v) is 3.86. The third-order valence-corrected chi connectivity index (χ3v) is 5.28. The first kappa shape index (κ1) is 18.0. The summed E-state index contributed by atoms with van der Waals surface area (Å²) in [6.45, 7) is 1.85. The normalized spacial score (nSPS) is 19.3. The molecule has 1 amide bonds. The van der Waals surface area contributed by atoms with E-state index in [1.807, 2.05) is 36.6 Å². The zero-order chi connectivity index (χ0) is 19.7. The number of hydrogen-bond acceptors (Lipinski definition) is 5. The van der Waals surface area contributed by atoms with Crippen molar-refractivity contribution >= 4 is 17.4 Å². The van der Waals surface area contributed by atoms with Gasteiger partial charge < -0.3 is 10.6 Å². The van der Waals surface area contributed by atoms with E-state index in [0.717, 1.165) is 42.8 Å². The lowest BCUT2D eigenvalue weighted by molar-refractivity contribution is 0.0926. The number of nitriles is 1. The summed E-state index contributed by atoms with van der Waals surface area (Å²) in [6.07, 6.45) is 7.29. The van der Waals surface area contributed by atoms with Gasteiger partial charge in [-0.25, -0.2) is 4.98 Å². The summed E-state index contributed by atoms with van der Waals surface area (Å²) in [6, 6.07) is 8.41. The van der Waals surface area contributed by atoms with Crippen LogP contribution in [0.25, 0.3) is 5.65 Å². The Morgan fingerprint density at radius 3 is 2.64 bits per heavy atom. The monoisotopic (exact) mass is 377 g/mol. The number of aromatic nitrogens is 4. The molecule has 1 aliphatic rings. The minimum Gasteiger partial charge on any atom is -0.368 e. The highest BCUT2D eigenvalue weighted by atomic mass is 16.1. The first-order chi connectivity index (χ1) is 13.5. The maximum atomic E-state index is 12.5. The zero-order valence-corrected chi connectivity index (χ0v) is 16.0. The van der Waals surface area contributed by atoms with Crippen LogP contribution in [0.1, 0.15) is 47.4 Å². The lowest BCUT2D eigenvalue weighted by Gasteiger charge is -2.30. The molecule has 0 unspecified atom stereocenters. The molecule has 2 N–H and O–H groups in total.